The number of benzene rings is 2. The average Bonchev–Trinajstić information content (AvgIpc) is 3.27. The Morgan fingerprint density at radius 3 is 2.52 bits per heavy atom. The number of anilines is 1. The van der Waals surface area contributed by atoms with Crippen molar-refractivity contribution in [1.29, 1.82) is 5.26 Å². The van der Waals surface area contributed by atoms with Gasteiger partial charge in [0.25, 0.3) is 11.8 Å². The second kappa shape index (κ2) is 9.51. The third-order valence-electron chi connectivity index (χ3n) is 4.50. The van der Waals surface area contributed by atoms with Gasteiger partial charge in [0.05, 0.1) is 0 Å². The number of para-hydroxylation sites is 1. The van der Waals surface area contributed by atoms with Crippen LogP contribution >= 0.6 is 0 Å². The summed E-state index contributed by atoms with van der Waals surface area (Å²) in [5, 5.41) is 11.9. The number of halogens is 1. The summed E-state index contributed by atoms with van der Waals surface area (Å²) in [6, 6.07) is 14.0. The van der Waals surface area contributed by atoms with Crippen LogP contribution in [0.4, 0.5) is 10.1 Å². The number of amides is 2. The molecule has 1 heterocycles. The predicted octanol–water partition coefficient (Wildman–Crippen LogP) is 3.37. The molecular weight excluding hydrogens is 373 g/mol. The van der Waals surface area contributed by atoms with Gasteiger partial charge in [-0.2, -0.15) is 5.26 Å². The average molecular weight is 393 g/mol. The molecule has 7 heteroatoms. The van der Waals surface area contributed by atoms with Gasteiger partial charge < -0.3 is 15.0 Å². The van der Waals surface area contributed by atoms with E-state index in [9.17, 15) is 19.2 Å². The van der Waals surface area contributed by atoms with Gasteiger partial charge in [0.2, 0.25) is 0 Å². The van der Waals surface area contributed by atoms with Crippen molar-refractivity contribution in [3.63, 3.8) is 0 Å². The minimum Gasteiger partial charge on any atom is -0.483 e. The minimum atomic E-state index is -0.623. The fraction of sp³-hybridized carbons (Fsp3) is 0.227. The van der Waals surface area contributed by atoms with Gasteiger partial charge in [-0.15, -0.1) is 0 Å². The molecule has 1 N–H and O–H groups in total. The number of hydrogen-bond donors (Lipinski definition) is 1. The number of likely N-dealkylation sites (tertiary alicyclic amines) is 1. The second-order valence-electron chi connectivity index (χ2n) is 6.55. The Labute approximate surface area is 168 Å². The minimum absolute atomic E-state index is 0.0872. The highest BCUT2D eigenvalue weighted by molar-refractivity contribution is 6.09. The van der Waals surface area contributed by atoms with Crippen LogP contribution in [0.25, 0.3) is 6.08 Å². The summed E-state index contributed by atoms with van der Waals surface area (Å²) in [6.07, 6.45) is 3.40. The van der Waals surface area contributed by atoms with Crippen LogP contribution in [0.3, 0.4) is 0 Å². The fourth-order valence-electron chi connectivity index (χ4n) is 2.96. The van der Waals surface area contributed by atoms with E-state index in [1.807, 2.05) is 6.07 Å². The molecule has 0 atom stereocenters. The van der Waals surface area contributed by atoms with Gasteiger partial charge in [0, 0.05) is 24.3 Å². The number of nitriles is 1. The third-order valence-corrected chi connectivity index (χ3v) is 4.50. The molecule has 2 amide bonds. The van der Waals surface area contributed by atoms with Crippen LogP contribution in [-0.2, 0) is 9.59 Å². The number of ether oxygens (including phenoxy) is 1. The van der Waals surface area contributed by atoms with Gasteiger partial charge in [0.15, 0.2) is 6.61 Å². The summed E-state index contributed by atoms with van der Waals surface area (Å²) in [7, 11) is 0. The number of rotatable bonds is 6. The maximum absolute atomic E-state index is 13.0. The lowest BCUT2D eigenvalue weighted by atomic mass is 10.1. The molecule has 1 fully saturated rings. The molecule has 0 aromatic heterocycles. The van der Waals surface area contributed by atoms with Crippen molar-refractivity contribution in [1.82, 2.24) is 4.90 Å². The molecule has 0 spiro atoms. The quantitative estimate of drug-likeness (QED) is 0.603. The first kappa shape index (κ1) is 20.1. The van der Waals surface area contributed by atoms with Crippen molar-refractivity contribution in [2.45, 2.75) is 12.8 Å². The van der Waals surface area contributed by atoms with Crippen molar-refractivity contribution in [3.05, 3.63) is 65.5 Å². The summed E-state index contributed by atoms with van der Waals surface area (Å²) in [6.45, 7) is 1.38. The number of carbonyl (C=O) groups is 2. The van der Waals surface area contributed by atoms with Gasteiger partial charge in [-0.05, 0) is 49.2 Å². The Morgan fingerprint density at radius 1 is 1.14 bits per heavy atom. The van der Waals surface area contributed by atoms with Crippen molar-refractivity contribution in [3.8, 4) is 11.8 Å². The van der Waals surface area contributed by atoms with E-state index < -0.39 is 11.7 Å². The molecule has 6 nitrogen and oxygen atoms in total. The summed E-state index contributed by atoms with van der Waals surface area (Å²) in [5.41, 5.74) is 0.738. The first-order valence-corrected chi connectivity index (χ1v) is 9.25. The van der Waals surface area contributed by atoms with Gasteiger partial charge in [-0.25, -0.2) is 4.39 Å². The van der Waals surface area contributed by atoms with E-state index in [-0.39, 0.29) is 18.1 Å². The largest absolute Gasteiger partial charge is 0.483 e. The molecule has 0 radical (unpaired) electrons. The first-order chi connectivity index (χ1) is 14.1. The highest BCUT2D eigenvalue weighted by Gasteiger charge is 2.18. The molecule has 1 aliphatic heterocycles. The van der Waals surface area contributed by atoms with Crippen LogP contribution in [-0.4, -0.2) is 36.4 Å². The standard InChI is InChI=1S/C22H20FN3O3/c23-18-7-9-19(10-8-18)25-22(28)17(14-24)13-16-5-1-2-6-20(16)29-15-21(27)26-11-3-4-12-26/h1-2,5-10,13H,3-4,11-12,15H2,(H,25,28)/b17-13+. The van der Waals surface area contributed by atoms with Crippen LogP contribution < -0.4 is 10.1 Å². The first-order valence-electron chi connectivity index (χ1n) is 9.25. The van der Waals surface area contributed by atoms with Gasteiger partial charge in [-0.3, -0.25) is 9.59 Å². The Morgan fingerprint density at radius 2 is 1.83 bits per heavy atom. The zero-order chi connectivity index (χ0) is 20.6. The highest BCUT2D eigenvalue weighted by atomic mass is 19.1. The normalized spacial score (nSPS) is 13.7. The monoisotopic (exact) mass is 393 g/mol. The number of carbonyl (C=O) groups excluding carboxylic acids is 2. The maximum atomic E-state index is 13.0. The summed E-state index contributed by atoms with van der Waals surface area (Å²) < 4.78 is 18.6. The zero-order valence-corrected chi connectivity index (χ0v) is 15.7. The van der Waals surface area contributed by atoms with Crippen molar-refractivity contribution in [2.75, 3.05) is 25.0 Å². The number of nitrogens with one attached hydrogen (secondary N) is 1. The van der Waals surface area contributed by atoms with Crippen LogP contribution in [0.5, 0.6) is 5.75 Å². The van der Waals surface area contributed by atoms with E-state index >= 15 is 0 Å². The number of nitrogens with zero attached hydrogens (tertiary/aromatic N) is 2. The topological polar surface area (TPSA) is 82.4 Å². The van der Waals surface area contributed by atoms with E-state index in [0.29, 0.717) is 17.0 Å². The molecular formula is C22H20FN3O3. The van der Waals surface area contributed by atoms with Crippen molar-refractivity contribution >= 4 is 23.6 Å². The molecule has 1 saturated heterocycles. The van der Waals surface area contributed by atoms with E-state index in [1.54, 1.807) is 29.2 Å². The van der Waals surface area contributed by atoms with Crippen LogP contribution in [0, 0.1) is 17.1 Å². The molecule has 3 rings (SSSR count). The van der Waals surface area contributed by atoms with E-state index in [1.165, 1.54) is 30.3 Å². The third kappa shape index (κ3) is 5.42. The molecule has 1 aliphatic rings. The maximum Gasteiger partial charge on any atom is 0.266 e. The molecule has 0 unspecified atom stereocenters. The van der Waals surface area contributed by atoms with E-state index in [0.717, 1.165) is 25.9 Å². The lowest BCUT2D eigenvalue weighted by molar-refractivity contribution is -0.132. The van der Waals surface area contributed by atoms with Crippen molar-refractivity contribution in [2.24, 2.45) is 0 Å². The predicted molar refractivity (Wildman–Crippen MR) is 106 cm³/mol. The SMILES string of the molecule is N#C/C(=C\c1ccccc1OCC(=O)N1CCCC1)C(=O)Nc1ccc(F)cc1. The Hall–Kier alpha value is -3.66. The van der Waals surface area contributed by atoms with E-state index in [2.05, 4.69) is 5.32 Å². The Kier molecular flexibility index (Phi) is 6.59. The van der Waals surface area contributed by atoms with Crippen LogP contribution in [0.15, 0.2) is 54.1 Å². The molecule has 0 aliphatic carbocycles. The molecule has 29 heavy (non-hydrogen) atoms. The summed E-state index contributed by atoms with van der Waals surface area (Å²) >= 11 is 0. The molecule has 2 aromatic carbocycles. The Balaban J connectivity index is 1.71. The summed E-state index contributed by atoms with van der Waals surface area (Å²) in [5.74, 6) is -0.728. The lowest BCUT2D eigenvalue weighted by Crippen LogP contribution is -2.32. The molecule has 2 aromatic rings. The highest BCUT2D eigenvalue weighted by Crippen LogP contribution is 2.22. The van der Waals surface area contributed by atoms with E-state index in [4.69, 9.17) is 4.74 Å². The van der Waals surface area contributed by atoms with Crippen LogP contribution in [0.1, 0.15) is 18.4 Å². The van der Waals surface area contributed by atoms with Gasteiger partial charge >= 0.3 is 0 Å². The smallest absolute Gasteiger partial charge is 0.266 e. The van der Waals surface area contributed by atoms with Gasteiger partial charge in [0.1, 0.15) is 23.2 Å². The Bertz CT molecular complexity index is 958. The fourth-order valence-corrected chi connectivity index (χ4v) is 2.96. The van der Waals surface area contributed by atoms with Crippen molar-refractivity contribution < 1.29 is 18.7 Å². The summed E-state index contributed by atoms with van der Waals surface area (Å²) in [4.78, 5) is 26.3. The molecule has 148 valence electrons. The zero-order valence-electron chi connectivity index (χ0n) is 15.7. The second-order valence-corrected chi connectivity index (χ2v) is 6.55. The number of hydrogen-bond acceptors (Lipinski definition) is 4. The molecule has 0 saturated carbocycles. The van der Waals surface area contributed by atoms with Crippen LogP contribution in [0.2, 0.25) is 0 Å². The lowest BCUT2D eigenvalue weighted by Gasteiger charge is -2.16. The molecule has 0 bridgehead atoms. The van der Waals surface area contributed by atoms with Gasteiger partial charge in [-0.1, -0.05) is 18.2 Å².